The van der Waals surface area contributed by atoms with Gasteiger partial charge in [-0.2, -0.15) is 0 Å². The zero-order valence-electron chi connectivity index (χ0n) is 16.6. The number of aryl methyl sites for hydroxylation is 1. The highest BCUT2D eigenvalue weighted by molar-refractivity contribution is 5.81. The van der Waals surface area contributed by atoms with Crippen molar-refractivity contribution in [1.29, 1.82) is 0 Å². The molecule has 4 rings (SSSR count). The van der Waals surface area contributed by atoms with E-state index >= 15 is 0 Å². The van der Waals surface area contributed by atoms with Crippen LogP contribution in [0.2, 0.25) is 0 Å². The minimum absolute atomic E-state index is 0.496. The first-order chi connectivity index (χ1) is 14.2. The molecule has 3 nitrogen and oxygen atoms in total. The molecule has 0 fully saturated rings. The van der Waals surface area contributed by atoms with Crippen LogP contribution in [0.4, 0.5) is 0 Å². The van der Waals surface area contributed by atoms with Gasteiger partial charge in [-0.15, -0.1) is 0 Å². The number of hydrogen-bond acceptors (Lipinski definition) is 3. The Morgan fingerprint density at radius 3 is 2.52 bits per heavy atom. The van der Waals surface area contributed by atoms with Crippen molar-refractivity contribution >= 4 is 23.1 Å². The van der Waals surface area contributed by atoms with Crippen molar-refractivity contribution in [2.24, 2.45) is 0 Å². The fraction of sp³-hybridized carbons (Fsp3) is 0.115. The number of benzene rings is 3. The Morgan fingerprint density at radius 2 is 1.69 bits per heavy atom. The molecule has 1 heterocycles. The molecule has 0 spiro atoms. The molecule has 0 amide bonds. The number of hydrogen-bond donors (Lipinski definition) is 0. The number of aromatic nitrogens is 1. The summed E-state index contributed by atoms with van der Waals surface area (Å²) in [6.07, 6.45) is 4.05. The zero-order chi connectivity index (χ0) is 20.1. The van der Waals surface area contributed by atoms with E-state index in [0.717, 1.165) is 39.2 Å². The van der Waals surface area contributed by atoms with Crippen molar-refractivity contribution in [2.75, 3.05) is 7.11 Å². The van der Waals surface area contributed by atoms with Crippen LogP contribution < -0.4 is 9.47 Å². The van der Waals surface area contributed by atoms with Crippen molar-refractivity contribution in [3.63, 3.8) is 0 Å². The van der Waals surface area contributed by atoms with Crippen LogP contribution in [0.3, 0.4) is 0 Å². The third kappa shape index (κ3) is 4.64. The number of fused-ring (bicyclic) bond motifs is 1. The van der Waals surface area contributed by atoms with Gasteiger partial charge in [-0.1, -0.05) is 60.2 Å². The highest BCUT2D eigenvalue weighted by atomic mass is 16.5. The van der Waals surface area contributed by atoms with E-state index in [-0.39, 0.29) is 0 Å². The minimum atomic E-state index is 0.496. The molecule has 0 saturated carbocycles. The predicted molar refractivity (Wildman–Crippen MR) is 119 cm³/mol. The number of pyridine rings is 1. The molecule has 0 atom stereocenters. The van der Waals surface area contributed by atoms with Crippen LogP contribution in [-0.4, -0.2) is 12.1 Å². The normalized spacial score (nSPS) is 11.1. The summed E-state index contributed by atoms with van der Waals surface area (Å²) in [7, 11) is 1.65. The fourth-order valence-corrected chi connectivity index (χ4v) is 3.18. The largest absolute Gasteiger partial charge is 0.493 e. The van der Waals surface area contributed by atoms with Crippen molar-refractivity contribution in [3.8, 4) is 11.5 Å². The standard InChI is InChI=1S/C26H23NO2/c1-19-8-14-24-22(16-19)11-13-23(27-24)12-9-20-10-15-25(28-2)26(17-20)29-18-21-6-4-3-5-7-21/h3-17H,18H2,1-2H3/b12-9+. The van der Waals surface area contributed by atoms with Crippen LogP contribution in [0.1, 0.15) is 22.4 Å². The molecule has 3 heteroatoms. The average Bonchev–Trinajstić information content (AvgIpc) is 2.77. The first-order valence-electron chi connectivity index (χ1n) is 9.61. The summed E-state index contributed by atoms with van der Waals surface area (Å²) < 4.78 is 11.4. The zero-order valence-corrected chi connectivity index (χ0v) is 16.6. The quantitative estimate of drug-likeness (QED) is 0.393. The van der Waals surface area contributed by atoms with Crippen LogP contribution in [0.15, 0.2) is 78.9 Å². The van der Waals surface area contributed by atoms with Crippen LogP contribution in [0, 0.1) is 6.92 Å². The molecule has 29 heavy (non-hydrogen) atoms. The van der Waals surface area contributed by atoms with E-state index in [1.54, 1.807) is 7.11 Å². The Bertz CT molecular complexity index is 1150. The lowest BCUT2D eigenvalue weighted by atomic mass is 10.1. The number of nitrogens with zero attached hydrogens (tertiary/aromatic N) is 1. The molecule has 3 aromatic carbocycles. The minimum Gasteiger partial charge on any atom is -0.493 e. The molecular formula is C26H23NO2. The smallest absolute Gasteiger partial charge is 0.162 e. The summed E-state index contributed by atoms with van der Waals surface area (Å²) in [6.45, 7) is 2.59. The van der Waals surface area contributed by atoms with E-state index in [2.05, 4.69) is 31.2 Å². The first-order valence-corrected chi connectivity index (χ1v) is 9.61. The molecule has 0 aliphatic rings. The maximum absolute atomic E-state index is 6.00. The summed E-state index contributed by atoms with van der Waals surface area (Å²) in [5.41, 5.74) is 5.30. The van der Waals surface area contributed by atoms with E-state index in [0.29, 0.717) is 6.61 Å². The van der Waals surface area contributed by atoms with Gasteiger partial charge in [0.25, 0.3) is 0 Å². The fourth-order valence-electron chi connectivity index (χ4n) is 3.18. The van der Waals surface area contributed by atoms with Gasteiger partial charge in [-0.25, -0.2) is 4.98 Å². The van der Waals surface area contributed by atoms with E-state index in [4.69, 9.17) is 14.5 Å². The van der Waals surface area contributed by atoms with Gasteiger partial charge in [0, 0.05) is 5.39 Å². The molecule has 1 aromatic heterocycles. The molecular weight excluding hydrogens is 358 g/mol. The number of methoxy groups -OCH3 is 1. The van der Waals surface area contributed by atoms with Gasteiger partial charge in [0.1, 0.15) is 6.61 Å². The molecule has 0 unspecified atom stereocenters. The van der Waals surface area contributed by atoms with Crippen LogP contribution in [0.25, 0.3) is 23.1 Å². The summed E-state index contributed by atoms with van der Waals surface area (Å²) in [5.74, 6) is 1.44. The second-order valence-corrected chi connectivity index (χ2v) is 6.95. The number of ether oxygens (including phenoxy) is 2. The second kappa shape index (κ2) is 8.61. The lowest BCUT2D eigenvalue weighted by Gasteiger charge is -2.11. The Labute approximate surface area is 171 Å². The van der Waals surface area contributed by atoms with Crippen molar-refractivity contribution < 1.29 is 9.47 Å². The lowest BCUT2D eigenvalue weighted by molar-refractivity contribution is 0.284. The number of rotatable bonds is 6. The van der Waals surface area contributed by atoms with Gasteiger partial charge >= 0.3 is 0 Å². The Morgan fingerprint density at radius 1 is 0.828 bits per heavy atom. The summed E-state index contributed by atoms with van der Waals surface area (Å²) in [5, 5.41) is 1.16. The summed E-state index contributed by atoms with van der Waals surface area (Å²) in [4.78, 5) is 4.72. The Hall–Kier alpha value is -3.59. The van der Waals surface area contributed by atoms with Gasteiger partial charge in [0.2, 0.25) is 0 Å². The maximum Gasteiger partial charge on any atom is 0.162 e. The molecule has 0 aliphatic heterocycles. The Balaban J connectivity index is 1.54. The second-order valence-electron chi connectivity index (χ2n) is 6.95. The summed E-state index contributed by atoms with van der Waals surface area (Å²) >= 11 is 0. The Kier molecular flexibility index (Phi) is 5.57. The molecule has 144 valence electrons. The van der Waals surface area contributed by atoms with Gasteiger partial charge in [0.15, 0.2) is 11.5 Å². The van der Waals surface area contributed by atoms with Crippen molar-refractivity contribution in [1.82, 2.24) is 4.98 Å². The third-order valence-electron chi connectivity index (χ3n) is 4.74. The molecule has 0 N–H and O–H groups in total. The van der Waals surface area contributed by atoms with Crippen molar-refractivity contribution in [3.05, 3.63) is 101 Å². The maximum atomic E-state index is 6.00. The molecule has 0 saturated heterocycles. The highest BCUT2D eigenvalue weighted by Crippen LogP contribution is 2.29. The average molecular weight is 381 g/mol. The molecule has 4 aromatic rings. The van der Waals surface area contributed by atoms with Gasteiger partial charge in [-0.05, 0) is 54.5 Å². The van der Waals surface area contributed by atoms with E-state index in [1.807, 2.05) is 66.7 Å². The summed E-state index contributed by atoms with van der Waals surface area (Å²) in [6, 6.07) is 26.5. The monoisotopic (exact) mass is 381 g/mol. The van der Waals surface area contributed by atoms with E-state index < -0.39 is 0 Å². The topological polar surface area (TPSA) is 31.4 Å². The first kappa shape index (κ1) is 18.8. The lowest BCUT2D eigenvalue weighted by Crippen LogP contribution is -1.97. The van der Waals surface area contributed by atoms with Crippen LogP contribution in [0.5, 0.6) is 11.5 Å². The van der Waals surface area contributed by atoms with E-state index in [9.17, 15) is 0 Å². The van der Waals surface area contributed by atoms with Gasteiger partial charge in [0.05, 0.1) is 18.3 Å². The van der Waals surface area contributed by atoms with E-state index in [1.165, 1.54) is 5.56 Å². The van der Waals surface area contributed by atoms with Crippen LogP contribution >= 0.6 is 0 Å². The predicted octanol–water partition coefficient (Wildman–Crippen LogP) is 6.30. The SMILES string of the molecule is COc1ccc(/C=C/c2ccc3cc(C)ccc3n2)cc1OCc1ccccc1. The van der Waals surface area contributed by atoms with Gasteiger partial charge < -0.3 is 9.47 Å². The van der Waals surface area contributed by atoms with Crippen molar-refractivity contribution in [2.45, 2.75) is 13.5 Å². The molecule has 0 aliphatic carbocycles. The molecule has 0 radical (unpaired) electrons. The highest BCUT2D eigenvalue weighted by Gasteiger charge is 2.05. The third-order valence-corrected chi connectivity index (χ3v) is 4.74. The van der Waals surface area contributed by atoms with Gasteiger partial charge in [-0.3, -0.25) is 0 Å². The van der Waals surface area contributed by atoms with Crippen LogP contribution in [-0.2, 0) is 6.61 Å². The molecule has 0 bridgehead atoms.